The molecule has 3 atom stereocenters. The minimum Gasteiger partial charge on any atom is -0.492 e. The van der Waals surface area contributed by atoms with Crippen molar-refractivity contribution in [3.63, 3.8) is 0 Å². The summed E-state index contributed by atoms with van der Waals surface area (Å²) in [6, 6.07) is 16.5. The number of thioether (sulfide) groups is 1. The van der Waals surface area contributed by atoms with Crippen LogP contribution in [0, 0.1) is 17.2 Å². The Labute approximate surface area is 285 Å². The number of rotatable bonds is 15. The molecule has 0 aromatic heterocycles. The van der Waals surface area contributed by atoms with Crippen LogP contribution < -0.4 is 10.1 Å². The SMILES string of the molecule is CC(=O)SCC(Cc1ccccc1)C(=O)NC(Cc1ccc(OCCN(CC(=O)N2CCCC2C#N)C(=O)OC(C)(C)C)cc1)C(=O)O. The number of ether oxygens (including phenoxy) is 2. The van der Waals surface area contributed by atoms with Crippen molar-refractivity contribution in [3.8, 4) is 11.8 Å². The topological polar surface area (TPSA) is 166 Å². The monoisotopic (exact) mass is 680 g/mol. The molecular weight excluding hydrogens is 636 g/mol. The lowest BCUT2D eigenvalue weighted by Gasteiger charge is -2.29. The fourth-order valence-electron chi connectivity index (χ4n) is 5.08. The van der Waals surface area contributed by atoms with E-state index in [-0.39, 0.29) is 42.9 Å². The number of carbonyl (C=O) groups excluding carboxylic acids is 4. The van der Waals surface area contributed by atoms with Crippen LogP contribution >= 0.6 is 11.8 Å². The zero-order valence-electron chi connectivity index (χ0n) is 27.8. The van der Waals surface area contributed by atoms with Crippen LogP contribution in [0.4, 0.5) is 4.79 Å². The van der Waals surface area contributed by atoms with Gasteiger partial charge in [-0.1, -0.05) is 54.2 Å². The van der Waals surface area contributed by atoms with Gasteiger partial charge in [-0.15, -0.1) is 0 Å². The normalized spacial score (nSPS) is 15.5. The van der Waals surface area contributed by atoms with E-state index in [1.165, 1.54) is 16.7 Å². The first kappa shape index (κ1) is 37.9. The molecule has 2 aromatic carbocycles. The fourth-order valence-corrected chi connectivity index (χ4v) is 5.78. The minimum absolute atomic E-state index is 0.0218. The van der Waals surface area contributed by atoms with Crippen LogP contribution in [0.3, 0.4) is 0 Å². The van der Waals surface area contributed by atoms with Crippen molar-refractivity contribution in [2.45, 2.75) is 71.1 Å². The highest BCUT2D eigenvalue weighted by atomic mass is 32.2. The van der Waals surface area contributed by atoms with Gasteiger partial charge in [0.15, 0.2) is 5.12 Å². The van der Waals surface area contributed by atoms with Crippen LogP contribution in [0.25, 0.3) is 0 Å². The van der Waals surface area contributed by atoms with E-state index in [9.17, 15) is 34.3 Å². The summed E-state index contributed by atoms with van der Waals surface area (Å²) in [6.45, 7) is 6.91. The van der Waals surface area contributed by atoms with Gasteiger partial charge in [-0.25, -0.2) is 9.59 Å². The number of carboxylic acids is 1. The molecular formula is C35H44N4O8S. The van der Waals surface area contributed by atoms with Crippen molar-refractivity contribution < 1.29 is 38.6 Å². The molecule has 0 spiro atoms. The van der Waals surface area contributed by atoms with Crippen molar-refractivity contribution in [1.82, 2.24) is 15.1 Å². The molecule has 1 heterocycles. The Bertz CT molecular complexity index is 1460. The molecule has 1 aliphatic rings. The largest absolute Gasteiger partial charge is 0.492 e. The second kappa shape index (κ2) is 18.1. The van der Waals surface area contributed by atoms with E-state index in [0.717, 1.165) is 23.7 Å². The van der Waals surface area contributed by atoms with Crippen molar-refractivity contribution in [2.24, 2.45) is 5.92 Å². The molecule has 12 nitrogen and oxygen atoms in total. The summed E-state index contributed by atoms with van der Waals surface area (Å²) in [4.78, 5) is 65.5. The molecule has 0 saturated carbocycles. The highest BCUT2D eigenvalue weighted by Crippen LogP contribution is 2.20. The second-order valence-electron chi connectivity index (χ2n) is 12.6. The van der Waals surface area contributed by atoms with E-state index in [1.54, 1.807) is 45.0 Å². The predicted molar refractivity (Wildman–Crippen MR) is 180 cm³/mol. The van der Waals surface area contributed by atoms with Gasteiger partial charge in [-0.05, 0) is 63.3 Å². The number of hydrogen-bond acceptors (Lipinski definition) is 9. The number of nitriles is 1. The van der Waals surface area contributed by atoms with Crippen LogP contribution in [0.1, 0.15) is 51.7 Å². The third-order valence-electron chi connectivity index (χ3n) is 7.49. The summed E-state index contributed by atoms with van der Waals surface area (Å²) in [5.74, 6) is -1.88. The number of benzene rings is 2. The first-order chi connectivity index (χ1) is 22.8. The quantitative estimate of drug-likeness (QED) is 0.280. The number of nitrogens with zero attached hydrogens (tertiary/aromatic N) is 3. The maximum atomic E-state index is 13.2. The highest BCUT2D eigenvalue weighted by molar-refractivity contribution is 8.13. The van der Waals surface area contributed by atoms with Gasteiger partial charge in [-0.2, -0.15) is 5.26 Å². The predicted octanol–water partition coefficient (Wildman–Crippen LogP) is 4.07. The average molecular weight is 681 g/mol. The number of hydrogen-bond donors (Lipinski definition) is 2. The molecule has 3 amide bonds. The Balaban J connectivity index is 1.60. The molecule has 1 fully saturated rings. The molecule has 1 aliphatic heterocycles. The van der Waals surface area contributed by atoms with Gasteiger partial charge >= 0.3 is 12.1 Å². The molecule has 0 aliphatic carbocycles. The van der Waals surface area contributed by atoms with Crippen LogP contribution in [0.5, 0.6) is 5.75 Å². The third-order valence-corrected chi connectivity index (χ3v) is 8.47. The van der Waals surface area contributed by atoms with Crippen molar-refractivity contribution in [2.75, 3.05) is 32.0 Å². The zero-order valence-corrected chi connectivity index (χ0v) is 28.7. The van der Waals surface area contributed by atoms with Crippen molar-refractivity contribution in [1.29, 1.82) is 5.26 Å². The summed E-state index contributed by atoms with van der Waals surface area (Å²) >= 11 is 1.03. The molecule has 1 saturated heterocycles. The number of likely N-dealkylation sites (tertiary alicyclic amines) is 1. The summed E-state index contributed by atoms with van der Waals surface area (Å²) in [5.41, 5.74) is 0.775. The Morgan fingerprint density at radius 2 is 1.73 bits per heavy atom. The van der Waals surface area contributed by atoms with E-state index < -0.39 is 41.6 Å². The molecule has 3 rings (SSSR count). The number of aliphatic carboxylic acids is 1. The van der Waals surface area contributed by atoms with Crippen LogP contribution in [-0.4, -0.2) is 93.6 Å². The van der Waals surface area contributed by atoms with Gasteiger partial charge in [0, 0.05) is 25.6 Å². The van der Waals surface area contributed by atoms with E-state index in [0.29, 0.717) is 30.7 Å². The summed E-state index contributed by atoms with van der Waals surface area (Å²) < 4.78 is 11.3. The van der Waals surface area contributed by atoms with Gasteiger partial charge in [0.25, 0.3) is 0 Å². The fraction of sp³-hybridized carbons (Fsp3) is 0.486. The molecule has 48 heavy (non-hydrogen) atoms. The lowest BCUT2D eigenvalue weighted by atomic mass is 9.99. The first-order valence-corrected chi connectivity index (χ1v) is 16.8. The van der Waals surface area contributed by atoms with Gasteiger partial charge in [0.2, 0.25) is 11.8 Å². The molecule has 258 valence electrons. The average Bonchev–Trinajstić information content (AvgIpc) is 3.52. The van der Waals surface area contributed by atoms with Gasteiger partial charge in [-0.3, -0.25) is 19.3 Å². The second-order valence-corrected chi connectivity index (χ2v) is 13.8. The molecule has 2 aromatic rings. The molecule has 0 radical (unpaired) electrons. The molecule has 2 N–H and O–H groups in total. The molecule has 13 heteroatoms. The first-order valence-electron chi connectivity index (χ1n) is 15.8. The van der Waals surface area contributed by atoms with E-state index in [1.807, 2.05) is 30.3 Å². The Hall–Kier alpha value is -4.57. The number of carbonyl (C=O) groups is 5. The van der Waals surface area contributed by atoms with Gasteiger partial charge in [0.05, 0.1) is 18.5 Å². The lowest BCUT2D eigenvalue weighted by Crippen LogP contribution is -2.47. The van der Waals surface area contributed by atoms with Crippen LogP contribution in [0.2, 0.25) is 0 Å². The summed E-state index contributed by atoms with van der Waals surface area (Å²) in [6.07, 6.45) is 1.04. The maximum Gasteiger partial charge on any atom is 0.410 e. The number of carboxylic acid groups (broad SMARTS) is 1. The van der Waals surface area contributed by atoms with Crippen molar-refractivity contribution in [3.05, 3.63) is 65.7 Å². The summed E-state index contributed by atoms with van der Waals surface area (Å²) in [5, 5.41) is 21.8. The summed E-state index contributed by atoms with van der Waals surface area (Å²) in [7, 11) is 0. The van der Waals surface area contributed by atoms with Crippen molar-refractivity contribution >= 4 is 40.8 Å². The highest BCUT2D eigenvalue weighted by Gasteiger charge is 2.32. The number of amides is 3. The van der Waals surface area contributed by atoms with Crippen LogP contribution in [0.15, 0.2) is 54.6 Å². The maximum absolute atomic E-state index is 13.2. The smallest absolute Gasteiger partial charge is 0.410 e. The lowest BCUT2D eigenvalue weighted by molar-refractivity contribution is -0.142. The zero-order chi connectivity index (χ0) is 35.3. The Morgan fingerprint density at radius 3 is 2.33 bits per heavy atom. The molecule has 0 bridgehead atoms. The standard InChI is InChI=1S/C35H44N4O8S/c1-24(40)48-23-27(19-25-9-6-5-7-10-25)32(42)37-30(33(43)44)20-26-12-14-29(15-13-26)46-18-17-38(34(45)47-35(2,3)4)22-31(41)39-16-8-11-28(39)21-36/h5-7,9-10,12-15,27-28,30H,8,11,16-20,22-23H2,1-4H3,(H,37,42)(H,43,44). The number of nitrogens with one attached hydrogen (secondary N) is 1. The Kier molecular flexibility index (Phi) is 14.3. The van der Waals surface area contributed by atoms with Crippen LogP contribution in [-0.2, 0) is 36.8 Å². The third kappa shape index (κ3) is 12.6. The van der Waals surface area contributed by atoms with E-state index >= 15 is 0 Å². The Morgan fingerprint density at radius 1 is 1.06 bits per heavy atom. The van der Waals surface area contributed by atoms with E-state index in [2.05, 4.69) is 11.4 Å². The molecule has 3 unspecified atom stereocenters. The minimum atomic E-state index is -1.19. The van der Waals surface area contributed by atoms with Gasteiger partial charge < -0.3 is 24.8 Å². The van der Waals surface area contributed by atoms with E-state index in [4.69, 9.17) is 9.47 Å². The van der Waals surface area contributed by atoms with Gasteiger partial charge in [0.1, 0.15) is 36.6 Å².